The van der Waals surface area contributed by atoms with Crippen molar-refractivity contribution in [2.75, 3.05) is 25.1 Å². The summed E-state index contributed by atoms with van der Waals surface area (Å²) in [4.78, 5) is 4.63. The minimum Gasteiger partial charge on any atom is -0.331 e. The van der Waals surface area contributed by atoms with Crippen molar-refractivity contribution in [1.29, 1.82) is 0 Å². The van der Waals surface area contributed by atoms with Crippen molar-refractivity contribution in [2.24, 2.45) is 0 Å². The molecule has 0 radical (unpaired) electrons. The number of nitrogens with zero attached hydrogens (tertiary/aromatic N) is 2. The molecule has 1 aliphatic carbocycles. The summed E-state index contributed by atoms with van der Waals surface area (Å²) in [6.45, 7) is 4.24. The van der Waals surface area contributed by atoms with Crippen LogP contribution in [0.15, 0.2) is 0 Å². The van der Waals surface area contributed by atoms with Gasteiger partial charge in [0.05, 0.1) is 11.4 Å². The number of rotatable bonds is 6. The summed E-state index contributed by atoms with van der Waals surface area (Å²) < 4.78 is 24.3. The Balaban J connectivity index is 1.85. The zero-order chi connectivity index (χ0) is 13.9. The largest absolute Gasteiger partial charge is 0.331 e. The molecule has 0 amide bonds. The van der Waals surface area contributed by atoms with Gasteiger partial charge in [0.15, 0.2) is 0 Å². The molecule has 0 atom stereocenters. The minimum absolute atomic E-state index is 0.202. The maximum atomic E-state index is 11.0. The molecule has 6 heteroatoms. The minimum atomic E-state index is -2.86. The van der Waals surface area contributed by atoms with Crippen molar-refractivity contribution in [1.82, 2.24) is 14.9 Å². The van der Waals surface area contributed by atoms with Crippen LogP contribution in [0.25, 0.3) is 0 Å². The van der Waals surface area contributed by atoms with E-state index in [0.717, 1.165) is 31.8 Å². The number of hydrogen-bond acceptors (Lipinski definition) is 4. The Morgan fingerprint density at radius 3 is 2.74 bits per heavy atom. The third-order valence-electron chi connectivity index (χ3n) is 3.59. The molecule has 5 nitrogen and oxygen atoms in total. The van der Waals surface area contributed by atoms with Gasteiger partial charge in [0.2, 0.25) is 0 Å². The Hall–Kier alpha value is -0.880. The van der Waals surface area contributed by atoms with Crippen LogP contribution >= 0.6 is 0 Å². The lowest BCUT2D eigenvalue weighted by Crippen LogP contribution is -2.26. The summed E-state index contributed by atoms with van der Waals surface area (Å²) in [6.07, 6.45) is 5.99. The zero-order valence-corrected chi connectivity index (χ0v) is 12.6. The summed E-state index contributed by atoms with van der Waals surface area (Å²) in [5.74, 6) is 1.28. The number of aryl methyl sites for hydroxylation is 2. The molecule has 1 N–H and O–H groups in total. The third kappa shape index (κ3) is 4.04. The molecule has 0 unspecified atom stereocenters. The number of sulfone groups is 1. The number of aromatic nitrogens is 2. The standard InChI is InChI=1S/C13H23N3O2S/c1-11-15-12-5-3-4-6-13(12)16(11)9-7-14-8-10-19(2,17)18/h14H,3-10H2,1-2H3. The molecule has 1 heterocycles. The first-order valence-corrected chi connectivity index (χ1v) is 8.97. The Labute approximate surface area is 115 Å². The molecule has 2 rings (SSSR count). The normalized spacial score (nSPS) is 15.5. The van der Waals surface area contributed by atoms with Gasteiger partial charge in [-0.1, -0.05) is 0 Å². The van der Waals surface area contributed by atoms with E-state index in [1.165, 1.54) is 30.5 Å². The molecule has 0 spiro atoms. The van der Waals surface area contributed by atoms with E-state index in [-0.39, 0.29) is 5.75 Å². The molecule has 1 aliphatic rings. The summed E-state index contributed by atoms with van der Waals surface area (Å²) in [7, 11) is -2.86. The first-order chi connectivity index (χ1) is 8.97. The second kappa shape index (κ2) is 6.05. The van der Waals surface area contributed by atoms with Gasteiger partial charge < -0.3 is 9.88 Å². The SMILES string of the molecule is Cc1nc2c(n1CCNCCS(C)(=O)=O)CCCC2. The van der Waals surface area contributed by atoms with Crippen molar-refractivity contribution < 1.29 is 8.42 Å². The number of hydrogen-bond donors (Lipinski definition) is 1. The lowest BCUT2D eigenvalue weighted by Gasteiger charge is -2.15. The van der Waals surface area contributed by atoms with Crippen LogP contribution in [-0.2, 0) is 29.2 Å². The van der Waals surface area contributed by atoms with E-state index >= 15 is 0 Å². The highest BCUT2D eigenvalue weighted by atomic mass is 32.2. The Morgan fingerprint density at radius 1 is 1.26 bits per heavy atom. The van der Waals surface area contributed by atoms with Crippen molar-refractivity contribution in [3.63, 3.8) is 0 Å². The number of fused-ring (bicyclic) bond motifs is 1. The van der Waals surface area contributed by atoms with Crippen LogP contribution in [0.3, 0.4) is 0 Å². The van der Waals surface area contributed by atoms with Gasteiger partial charge in [-0.3, -0.25) is 0 Å². The molecular formula is C13H23N3O2S. The predicted octanol–water partition coefficient (Wildman–Crippen LogP) is 0.705. The van der Waals surface area contributed by atoms with E-state index in [9.17, 15) is 8.42 Å². The molecule has 1 aromatic rings. The van der Waals surface area contributed by atoms with Crippen LogP contribution in [0.5, 0.6) is 0 Å². The predicted molar refractivity (Wildman–Crippen MR) is 76.2 cm³/mol. The molecule has 0 fully saturated rings. The monoisotopic (exact) mass is 285 g/mol. The highest BCUT2D eigenvalue weighted by molar-refractivity contribution is 7.90. The van der Waals surface area contributed by atoms with Crippen molar-refractivity contribution in [2.45, 2.75) is 39.2 Å². The molecule has 108 valence electrons. The van der Waals surface area contributed by atoms with Gasteiger partial charge in [-0.05, 0) is 32.6 Å². The zero-order valence-electron chi connectivity index (χ0n) is 11.8. The Bertz CT molecular complexity index is 534. The highest BCUT2D eigenvalue weighted by Gasteiger charge is 2.17. The van der Waals surface area contributed by atoms with Gasteiger partial charge in [-0.25, -0.2) is 13.4 Å². The van der Waals surface area contributed by atoms with Crippen LogP contribution in [0, 0.1) is 6.92 Å². The molecule has 19 heavy (non-hydrogen) atoms. The van der Waals surface area contributed by atoms with Crippen molar-refractivity contribution in [3.8, 4) is 0 Å². The van der Waals surface area contributed by atoms with Crippen LogP contribution in [0.4, 0.5) is 0 Å². The number of imidazole rings is 1. The maximum absolute atomic E-state index is 11.0. The first kappa shape index (κ1) is 14.5. The number of nitrogens with one attached hydrogen (secondary N) is 1. The second-order valence-corrected chi connectivity index (χ2v) is 7.55. The van der Waals surface area contributed by atoms with Gasteiger partial charge in [-0.2, -0.15) is 0 Å². The quantitative estimate of drug-likeness (QED) is 0.782. The molecular weight excluding hydrogens is 262 g/mol. The fourth-order valence-corrected chi connectivity index (χ4v) is 3.12. The summed E-state index contributed by atoms with van der Waals surface area (Å²) in [6, 6.07) is 0. The van der Waals surface area contributed by atoms with E-state index in [1.807, 2.05) is 0 Å². The lowest BCUT2D eigenvalue weighted by atomic mass is 10.0. The molecule has 0 aliphatic heterocycles. The maximum Gasteiger partial charge on any atom is 0.148 e. The van der Waals surface area contributed by atoms with Gasteiger partial charge in [0.25, 0.3) is 0 Å². The van der Waals surface area contributed by atoms with Gasteiger partial charge >= 0.3 is 0 Å². The van der Waals surface area contributed by atoms with E-state index < -0.39 is 9.84 Å². The van der Waals surface area contributed by atoms with Crippen LogP contribution < -0.4 is 5.32 Å². The van der Waals surface area contributed by atoms with Gasteiger partial charge in [0, 0.05) is 31.6 Å². The molecule has 0 saturated heterocycles. The molecule has 0 aromatic carbocycles. The van der Waals surface area contributed by atoms with E-state index in [0.29, 0.717) is 6.54 Å². The van der Waals surface area contributed by atoms with Crippen LogP contribution in [0.2, 0.25) is 0 Å². The van der Waals surface area contributed by atoms with Crippen LogP contribution in [-0.4, -0.2) is 43.1 Å². The summed E-state index contributed by atoms with van der Waals surface area (Å²) >= 11 is 0. The topological polar surface area (TPSA) is 64.0 Å². The van der Waals surface area contributed by atoms with Crippen LogP contribution in [0.1, 0.15) is 30.1 Å². The lowest BCUT2D eigenvalue weighted by molar-refractivity contribution is 0.559. The van der Waals surface area contributed by atoms with E-state index in [2.05, 4.69) is 21.8 Å². The summed E-state index contributed by atoms with van der Waals surface area (Å²) in [5, 5.41) is 3.19. The van der Waals surface area contributed by atoms with Gasteiger partial charge in [-0.15, -0.1) is 0 Å². The van der Waals surface area contributed by atoms with Crippen molar-refractivity contribution in [3.05, 3.63) is 17.2 Å². The first-order valence-electron chi connectivity index (χ1n) is 6.91. The second-order valence-electron chi connectivity index (χ2n) is 5.29. The Morgan fingerprint density at radius 2 is 2.00 bits per heavy atom. The van der Waals surface area contributed by atoms with E-state index in [1.54, 1.807) is 0 Å². The average molecular weight is 285 g/mol. The fraction of sp³-hybridized carbons (Fsp3) is 0.769. The molecule has 1 aromatic heterocycles. The third-order valence-corrected chi connectivity index (χ3v) is 4.53. The summed E-state index contributed by atoms with van der Waals surface area (Å²) in [5.41, 5.74) is 2.65. The van der Waals surface area contributed by atoms with E-state index in [4.69, 9.17) is 0 Å². The van der Waals surface area contributed by atoms with Crippen molar-refractivity contribution >= 4 is 9.84 Å². The fourth-order valence-electron chi connectivity index (χ4n) is 2.61. The smallest absolute Gasteiger partial charge is 0.148 e. The molecule has 0 saturated carbocycles. The van der Waals surface area contributed by atoms with Gasteiger partial charge in [0.1, 0.15) is 15.7 Å². The molecule has 0 bridgehead atoms. The average Bonchev–Trinajstić information content (AvgIpc) is 2.64. The highest BCUT2D eigenvalue weighted by Crippen LogP contribution is 2.21. The Kier molecular flexibility index (Phi) is 4.62.